The number of hydrogen-bond acceptors (Lipinski definition) is 8. The molecule has 2 bridgehead atoms. The van der Waals surface area contributed by atoms with E-state index in [2.05, 4.69) is 10.5 Å². The van der Waals surface area contributed by atoms with E-state index in [0.29, 0.717) is 5.56 Å². The van der Waals surface area contributed by atoms with Gasteiger partial charge in [-0.05, 0) is 39.9 Å². The summed E-state index contributed by atoms with van der Waals surface area (Å²) in [6, 6.07) is 24.2. The van der Waals surface area contributed by atoms with E-state index >= 15 is 0 Å². The third kappa shape index (κ3) is 4.21. The number of hydrogen-bond donors (Lipinski definition) is 1. The topological polar surface area (TPSA) is 165 Å². The van der Waals surface area contributed by atoms with Crippen LogP contribution in [0.25, 0.3) is 0 Å². The minimum Gasteiger partial charge on any atom is -0.274 e. The van der Waals surface area contributed by atoms with E-state index in [1.54, 1.807) is 0 Å². The second-order valence-corrected chi connectivity index (χ2v) is 11.8. The quantitative estimate of drug-likeness (QED) is 0.128. The fourth-order valence-corrected chi connectivity index (χ4v) is 7.45. The molecule has 228 valence electrons. The Morgan fingerprint density at radius 3 is 2.13 bits per heavy atom. The van der Waals surface area contributed by atoms with Crippen LogP contribution in [0.15, 0.2) is 96.1 Å². The first-order chi connectivity index (χ1) is 22.1. The number of carbonyl (C=O) groups is 3. The van der Waals surface area contributed by atoms with Gasteiger partial charge in [-0.2, -0.15) is 5.10 Å². The Morgan fingerprint density at radius 2 is 1.52 bits per heavy atom. The maximum atomic E-state index is 14.5. The average Bonchev–Trinajstić information content (AvgIpc) is 3.31. The number of nitro groups is 2. The van der Waals surface area contributed by atoms with Crippen LogP contribution >= 0.6 is 11.6 Å². The highest BCUT2D eigenvalue weighted by Crippen LogP contribution is 2.64. The summed E-state index contributed by atoms with van der Waals surface area (Å²) >= 11 is 6.04. The first kappa shape index (κ1) is 29.0. The standard InChI is InChI=1S/C33H22ClN5O7/c34-19-11-14-25(26(16-19)39(45)46)37-31(41)29-28-21-5-1-3-7-23(21)33(30(29)32(37)42,24-8-4-2-6-22(24)28)17-35-36-27(40)15-18-9-12-20(13-10-18)38(43)44/h1-14,16-17,28-30H,15H2,(H,36,40)/b35-17-/t28?,29-,30-,33?/m0/s1. The highest BCUT2D eigenvalue weighted by molar-refractivity contribution is 6.31. The summed E-state index contributed by atoms with van der Waals surface area (Å²) in [5, 5.41) is 27.4. The van der Waals surface area contributed by atoms with Crippen molar-refractivity contribution in [3.8, 4) is 0 Å². The normalized spacial score (nSPS) is 22.4. The van der Waals surface area contributed by atoms with Crippen LogP contribution in [0.1, 0.15) is 33.7 Å². The van der Waals surface area contributed by atoms with Crippen molar-refractivity contribution in [2.24, 2.45) is 16.9 Å². The lowest BCUT2D eigenvalue weighted by molar-refractivity contribution is -0.384. The maximum Gasteiger partial charge on any atom is 0.294 e. The Labute approximate surface area is 265 Å². The monoisotopic (exact) mass is 635 g/mol. The van der Waals surface area contributed by atoms with E-state index in [1.165, 1.54) is 42.6 Å². The van der Waals surface area contributed by atoms with E-state index in [9.17, 15) is 34.6 Å². The highest BCUT2D eigenvalue weighted by atomic mass is 35.5. The lowest BCUT2D eigenvalue weighted by Gasteiger charge is -2.52. The number of benzene rings is 4. The van der Waals surface area contributed by atoms with Crippen molar-refractivity contribution in [3.63, 3.8) is 0 Å². The Morgan fingerprint density at radius 1 is 0.891 bits per heavy atom. The van der Waals surface area contributed by atoms with Gasteiger partial charge in [0.05, 0.1) is 33.5 Å². The summed E-state index contributed by atoms with van der Waals surface area (Å²) in [5.41, 5.74) is 4.10. The molecule has 4 aromatic carbocycles. The molecule has 1 heterocycles. The Kier molecular flexibility index (Phi) is 6.74. The summed E-state index contributed by atoms with van der Waals surface area (Å²) in [7, 11) is 0. The van der Waals surface area contributed by atoms with Gasteiger partial charge in [-0.1, -0.05) is 72.3 Å². The molecule has 2 atom stereocenters. The zero-order chi connectivity index (χ0) is 32.3. The molecule has 3 amide bonds. The van der Waals surface area contributed by atoms with Crippen molar-refractivity contribution in [1.82, 2.24) is 5.43 Å². The van der Waals surface area contributed by atoms with Gasteiger partial charge < -0.3 is 0 Å². The van der Waals surface area contributed by atoms with Crippen LogP contribution in [0.5, 0.6) is 0 Å². The summed E-state index contributed by atoms with van der Waals surface area (Å²) in [5.74, 6) is -4.14. The van der Waals surface area contributed by atoms with Crippen molar-refractivity contribution in [1.29, 1.82) is 0 Å². The summed E-state index contributed by atoms with van der Waals surface area (Å²) in [4.78, 5) is 64.4. The predicted molar refractivity (Wildman–Crippen MR) is 167 cm³/mol. The van der Waals surface area contributed by atoms with Gasteiger partial charge in [0.15, 0.2) is 0 Å². The molecule has 4 aliphatic rings. The first-order valence-corrected chi connectivity index (χ1v) is 14.6. The number of rotatable bonds is 7. The molecule has 0 spiro atoms. The van der Waals surface area contributed by atoms with Gasteiger partial charge in [-0.3, -0.25) is 34.6 Å². The maximum absolute atomic E-state index is 14.5. The summed E-state index contributed by atoms with van der Waals surface area (Å²) in [6.45, 7) is 0. The van der Waals surface area contributed by atoms with Gasteiger partial charge in [0, 0.05) is 35.4 Å². The van der Waals surface area contributed by atoms with Crippen LogP contribution in [-0.2, 0) is 26.2 Å². The van der Waals surface area contributed by atoms with Crippen LogP contribution in [-0.4, -0.2) is 33.8 Å². The summed E-state index contributed by atoms with van der Waals surface area (Å²) in [6.07, 6.45) is 1.37. The third-order valence-corrected chi connectivity index (χ3v) is 9.26. The van der Waals surface area contributed by atoms with Gasteiger partial charge in [-0.15, -0.1) is 0 Å². The number of nitrogens with zero attached hydrogens (tertiary/aromatic N) is 4. The number of nitro benzene ring substituents is 2. The molecule has 1 fully saturated rings. The molecule has 4 aromatic rings. The van der Waals surface area contributed by atoms with Gasteiger partial charge in [0.2, 0.25) is 17.7 Å². The molecule has 1 aliphatic heterocycles. The molecule has 0 saturated carbocycles. The number of anilines is 1. The number of imide groups is 1. The Balaban J connectivity index is 1.33. The number of halogens is 1. The summed E-state index contributed by atoms with van der Waals surface area (Å²) < 4.78 is 0. The van der Waals surface area contributed by atoms with E-state index in [4.69, 9.17) is 11.6 Å². The largest absolute Gasteiger partial charge is 0.294 e. The number of amides is 3. The molecule has 3 aliphatic carbocycles. The van der Waals surface area contributed by atoms with Crippen molar-refractivity contribution in [2.45, 2.75) is 17.8 Å². The number of hydrazone groups is 1. The van der Waals surface area contributed by atoms with Crippen LogP contribution in [0.4, 0.5) is 17.1 Å². The van der Waals surface area contributed by atoms with Crippen LogP contribution in [0.2, 0.25) is 5.02 Å². The molecule has 46 heavy (non-hydrogen) atoms. The Bertz CT molecular complexity index is 1980. The van der Waals surface area contributed by atoms with E-state index in [0.717, 1.165) is 33.2 Å². The van der Waals surface area contributed by atoms with E-state index < -0.39 is 56.4 Å². The molecule has 8 rings (SSSR count). The molecule has 12 nitrogen and oxygen atoms in total. The smallest absolute Gasteiger partial charge is 0.274 e. The van der Waals surface area contributed by atoms with Crippen molar-refractivity contribution in [2.75, 3.05) is 4.90 Å². The molecule has 0 radical (unpaired) electrons. The lowest BCUT2D eigenvalue weighted by Crippen LogP contribution is -2.54. The molecule has 0 unspecified atom stereocenters. The minimum atomic E-state index is -1.31. The molecule has 0 aromatic heterocycles. The first-order valence-electron chi connectivity index (χ1n) is 14.2. The van der Waals surface area contributed by atoms with Gasteiger partial charge in [-0.25, -0.2) is 10.3 Å². The average molecular weight is 636 g/mol. The molecule has 1 N–H and O–H groups in total. The van der Waals surface area contributed by atoms with E-state index in [-0.39, 0.29) is 22.8 Å². The Hall–Kier alpha value is -5.75. The third-order valence-electron chi connectivity index (χ3n) is 9.03. The van der Waals surface area contributed by atoms with Crippen molar-refractivity contribution in [3.05, 3.63) is 144 Å². The van der Waals surface area contributed by atoms with E-state index in [1.807, 2.05) is 48.5 Å². The van der Waals surface area contributed by atoms with Crippen LogP contribution < -0.4 is 10.3 Å². The number of carbonyl (C=O) groups excluding carboxylic acids is 3. The van der Waals surface area contributed by atoms with Crippen molar-refractivity contribution >= 4 is 52.6 Å². The predicted octanol–water partition coefficient (Wildman–Crippen LogP) is 5.05. The van der Waals surface area contributed by atoms with Gasteiger partial charge >= 0.3 is 0 Å². The second kappa shape index (κ2) is 10.7. The molecule has 13 heteroatoms. The van der Waals surface area contributed by atoms with Crippen LogP contribution in [0, 0.1) is 32.1 Å². The molecular formula is C33H22ClN5O7. The zero-order valence-electron chi connectivity index (χ0n) is 23.7. The highest BCUT2D eigenvalue weighted by Gasteiger charge is 2.68. The molecule has 1 saturated heterocycles. The number of non-ortho nitro benzene ring substituents is 1. The van der Waals surface area contributed by atoms with Crippen molar-refractivity contribution < 1.29 is 24.2 Å². The second-order valence-electron chi connectivity index (χ2n) is 11.3. The zero-order valence-corrected chi connectivity index (χ0v) is 24.5. The fourth-order valence-electron chi connectivity index (χ4n) is 7.29. The van der Waals surface area contributed by atoms with Gasteiger partial charge in [0.25, 0.3) is 11.4 Å². The molecular weight excluding hydrogens is 614 g/mol. The van der Waals surface area contributed by atoms with Gasteiger partial charge in [0.1, 0.15) is 5.69 Å². The van der Waals surface area contributed by atoms with Crippen LogP contribution in [0.3, 0.4) is 0 Å². The number of nitrogens with one attached hydrogen (secondary N) is 1. The minimum absolute atomic E-state index is 0.0833. The lowest BCUT2D eigenvalue weighted by atomic mass is 9.47. The fraction of sp³-hybridized carbons (Fsp3) is 0.152. The SMILES string of the molecule is O=C(Cc1ccc([N+](=O)[O-])cc1)N/N=C\C12c3ccccc3C(c3ccccc31)[C@@H]1C(=O)N(c3ccc(Cl)cc3[N+](=O)[O-])C(=O)[C@H]12.